The first-order chi connectivity index (χ1) is 9.36. The number of para-hydroxylation sites is 1. The first-order valence-electron chi connectivity index (χ1n) is 6.72. The third kappa shape index (κ3) is 2.96. The number of methoxy groups -OCH3 is 1. The van der Waals surface area contributed by atoms with Crippen molar-refractivity contribution >= 4 is 0 Å². The highest BCUT2D eigenvalue weighted by molar-refractivity contribution is 5.33. The Morgan fingerprint density at radius 3 is 3.00 bits per heavy atom. The number of hydrogen-bond acceptors (Lipinski definition) is 3. The van der Waals surface area contributed by atoms with Crippen molar-refractivity contribution in [1.29, 1.82) is 0 Å². The third-order valence-corrected chi connectivity index (χ3v) is 3.46. The summed E-state index contributed by atoms with van der Waals surface area (Å²) in [4.78, 5) is 4.43. The number of benzene rings is 1. The zero-order chi connectivity index (χ0) is 13.1. The van der Waals surface area contributed by atoms with Gasteiger partial charge >= 0.3 is 0 Å². The molecule has 1 saturated carbocycles. The molecule has 1 aliphatic carbocycles. The van der Waals surface area contributed by atoms with Gasteiger partial charge in [0.15, 0.2) is 0 Å². The molecular formula is C15H19N3O. The van der Waals surface area contributed by atoms with E-state index in [9.17, 15) is 0 Å². The van der Waals surface area contributed by atoms with Gasteiger partial charge in [-0.3, -0.25) is 0 Å². The highest BCUT2D eigenvalue weighted by Crippen LogP contribution is 2.20. The van der Waals surface area contributed by atoms with Crippen molar-refractivity contribution in [3.8, 4) is 5.75 Å². The Kier molecular flexibility index (Phi) is 3.51. The van der Waals surface area contributed by atoms with Gasteiger partial charge in [-0.2, -0.15) is 0 Å². The van der Waals surface area contributed by atoms with E-state index in [1.807, 2.05) is 30.6 Å². The molecule has 3 rings (SSSR count). The van der Waals surface area contributed by atoms with Crippen LogP contribution in [0.25, 0.3) is 0 Å². The van der Waals surface area contributed by atoms with Crippen molar-refractivity contribution < 1.29 is 4.74 Å². The minimum absolute atomic E-state index is 0.705. The summed E-state index contributed by atoms with van der Waals surface area (Å²) >= 11 is 0. The summed E-state index contributed by atoms with van der Waals surface area (Å²) in [5.74, 6) is 2.01. The summed E-state index contributed by atoms with van der Waals surface area (Å²) in [6, 6.07) is 8.82. The summed E-state index contributed by atoms with van der Waals surface area (Å²) in [6.45, 7) is 1.64. The summed E-state index contributed by atoms with van der Waals surface area (Å²) in [5.41, 5.74) is 1.18. The number of imidazole rings is 1. The Morgan fingerprint density at radius 1 is 1.37 bits per heavy atom. The smallest absolute Gasteiger partial charge is 0.123 e. The second kappa shape index (κ2) is 5.45. The molecule has 0 bridgehead atoms. The van der Waals surface area contributed by atoms with Crippen LogP contribution in [-0.2, 0) is 13.1 Å². The molecular weight excluding hydrogens is 238 g/mol. The first kappa shape index (κ1) is 12.2. The lowest BCUT2D eigenvalue weighted by atomic mass is 10.2. The van der Waals surface area contributed by atoms with Gasteiger partial charge in [-0.15, -0.1) is 0 Å². The molecule has 1 fully saturated rings. The number of hydrogen-bond donors (Lipinski definition) is 1. The standard InChI is InChI=1S/C15H19N3O/c1-19-14-5-3-2-4-12(14)11-18-9-8-16-15(18)10-17-13-6-7-13/h2-5,8-9,13,17H,6-7,10-11H2,1H3. The van der Waals surface area contributed by atoms with E-state index >= 15 is 0 Å². The second-order valence-corrected chi connectivity index (χ2v) is 4.94. The molecule has 0 spiro atoms. The van der Waals surface area contributed by atoms with E-state index in [1.165, 1.54) is 18.4 Å². The van der Waals surface area contributed by atoms with E-state index in [0.29, 0.717) is 6.04 Å². The molecule has 1 aromatic carbocycles. The van der Waals surface area contributed by atoms with E-state index in [4.69, 9.17) is 4.74 Å². The van der Waals surface area contributed by atoms with Crippen molar-refractivity contribution in [2.75, 3.05) is 7.11 Å². The van der Waals surface area contributed by atoms with Crippen molar-refractivity contribution in [1.82, 2.24) is 14.9 Å². The molecule has 0 amide bonds. The lowest BCUT2D eigenvalue weighted by Gasteiger charge is -2.11. The maximum Gasteiger partial charge on any atom is 0.123 e. The van der Waals surface area contributed by atoms with Gasteiger partial charge in [-0.25, -0.2) is 4.98 Å². The molecule has 1 aromatic heterocycles. The van der Waals surface area contributed by atoms with Crippen LogP contribution in [0.1, 0.15) is 24.2 Å². The van der Waals surface area contributed by atoms with Crippen LogP contribution >= 0.6 is 0 Å². The molecule has 1 aliphatic rings. The molecule has 0 saturated heterocycles. The second-order valence-electron chi connectivity index (χ2n) is 4.94. The third-order valence-electron chi connectivity index (χ3n) is 3.46. The monoisotopic (exact) mass is 257 g/mol. The SMILES string of the molecule is COc1ccccc1Cn1ccnc1CNC1CC1. The topological polar surface area (TPSA) is 39.1 Å². The number of ether oxygens (including phenoxy) is 1. The largest absolute Gasteiger partial charge is 0.496 e. The number of nitrogens with zero attached hydrogens (tertiary/aromatic N) is 2. The van der Waals surface area contributed by atoms with Gasteiger partial charge in [0.05, 0.1) is 20.2 Å². The summed E-state index contributed by atoms with van der Waals surface area (Å²) < 4.78 is 7.57. The lowest BCUT2D eigenvalue weighted by molar-refractivity contribution is 0.408. The zero-order valence-corrected chi connectivity index (χ0v) is 11.2. The van der Waals surface area contributed by atoms with E-state index in [1.54, 1.807) is 7.11 Å². The predicted octanol–water partition coefficient (Wildman–Crippen LogP) is 2.19. The maximum atomic E-state index is 5.39. The number of rotatable bonds is 6. The fourth-order valence-corrected chi connectivity index (χ4v) is 2.19. The molecule has 1 heterocycles. The van der Waals surface area contributed by atoms with Crippen LogP contribution in [0.5, 0.6) is 5.75 Å². The summed E-state index contributed by atoms with van der Waals surface area (Å²) in [6.07, 6.45) is 6.48. The minimum atomic E-state index is 0.705. The highest BCUT2D eigenvalue weighted by atomic mass is 16.5. The molecule has 1 N–H and O–H groups in total. The number of nitrogens with one attached hydrogen (secondary N) is 1. The van der Waals surface area contributed by atoms with Gasteiger partial charge < -0.3 is 14.6 Å². The molecule has 2 aromatic rings. The summed E-state index contributed by atoms with van der Waals surface area (Å²) in [5, 5.41) is 3.50. The van der Waals surface area contributed by atoms with Gasteiger partial charge in [-0.1, -0.05) is 18.2 Å². The fraction of sp³-hybridized carbons (Fsp3) is 0.400. The van der Waals surface area contributed by atoms with Crippen LogP contribution in [0.4, 0.5) is 0 Å². The van der Waals surface area contributed by atoms with Gasteiger partial charge in [-0.05, 0) is 18.9 Å². The molecule has 0 atom stereocenters. The molecule has 0 unspecified atom stereocenters. The van der Waals surface area contributed by atoms with Crippen LogP contribution < -0.4 is 10.1 Å². The Labute approximate surface area is 113 Å². The Morgan fingerprint density at radius 2 is 2.21 bits per heavy atom. The molecule has 100 valence electrons. The van der Waals surface area contributed by atoms with Crippen LogP contribution in [0, 0.1) is 0 Å². The Hall–Kier alpha value is -1.81. The van der Waals surface area contributed by atoms with Gasteiger partial charge in [0.1, 0.15) is 11.6 Å². The fourth-order valence-electron chi connectivity index (χ4n) is 2.19. The van der Waals surface area contributed by atoms with Crippen LogP contribution in [0.15, 0.2) is 36.7 Å². The minimum Gasteiger partial charge on any atom is -0.496 e. The molecule has 0 radical (unpaired) electrons. The zero-order valence-electron chi connectivity index (χ0n) is 11.2. The lowest BCUT2D eigenvalue weighted by Crippen LogP contribution is -2.19. The molecule has 0 aliphatic heterocycles. The normalized spacial score (nSPS) is 14.6. The quantitative estimate of drug-likeness (QED) is 0.862. The average Bonchev–Trinajstić information content (AvgIpc) is 3.17. The van der Waals surface area contributed by atoms with Gasteiger partial charge in [0.2, 0.25) is 0 Å². The van der Waals surface area contributed by atoms with E-state index in [2.05, 4.69) is 20.9 Å². The number of aromatic nitrogens is 2. The van der Waals surface area contributed by atoms with E-state index < -0.39 is 0 Å². The van der Waals surface area contributed by atoms with E-state index in [-0.39, 0.29) is 0 Å². The van der Waals surface area contributed by atoms with Crippen LogP contribution in [0.3, 0.4) is 0 Å². The van der Waals surface area contributed by atoms with Crippen molar-refractivity contribution in [3.63, 3.8) is 0 Å². The first-order valence-corrected chi connectivity index (χ1v) is 6.72. The Bertz CT molecular complexity index is 546. The average molecular weight is 257 g/mol. The van der Waals surface area contributed by atoms with Gasteiger partial charge in [0, 0.05) is 24.0 Å². The van der Waals surface area contributed by atoms with Crippen molar-refractivity contribution in [3.05, 3.63) is 48.0 Å². The molecule has 19 heavy (non-hydrogen) atoms. The van der Waals surface area contributed by atoms with Crippen molar-refractivity contribution in [2.45, 2.75) is 32.0 Å². The predicted molar refractivity (Wildman–Crippen MR) is 74.2 cm³/mol. The van der Waals surface area contributed by atoms with Crippen LogP contribution in [0.2, 0.25) is 0 Å². The highest BCUT2D eigenvalue weighted by Gasteiger charge is 2.20. The van der Waals surface area contributed by atoms with E-state index in [0.717, 1.165) is 24.7 Å². The molecule has 4 nitrogen and oxygen atoms in total. The van der Waals surface area contributed by atoms with Crippen molar-refractivity contribution in [2.24, 2.45) is 0 Å². The van der Waals surface area contributed by atoms with Gasteiger partial charge in [0.25, 0.3) is 0 Å². The summed E-state index contributed by atoms with van der Waals surface area (Å²) in [7, 11) is 1.71. The van der Waals surface area contributed by atoms with Crippen LogP contribution in [-0.4, -0.2) is 22.7 Å². The Balaban J connectivity index is 1.73. The molecule has 4 heteroatoms. The maximum absolute atomic E-state index is 5.39.